The molecule has 2 rings (SSSR count). The maximum atomic E-state index is 6.01. The van der Waals surface area contributed by atoms with Crippen LogP contribution in [-0.2, 0) is 13.2 Å². The van der Waals surface area contributed by atoms with E-state index in [4.69, 9.17) is 9.47 Å². The molecule has 0 saturated carbocycles. The second-order valence-corrected chi connectivity index (χ2v) is 6.75. The summed E-state index contributed by atoms with van der Waals surface area (Å²) in [6.45, 7) is 7.77. The number of ether oxygens (including phenoxy) is 2. The van der Waals surface area contributed by atoms with Gasteiger partial charge < -0.3 is 14.8 Å². The maximum Gasteiger partial charge on any atom is 0.166 e. The Balaban J connectivity index is 2.15. The van der Waals surface area contributed by atoms with Crippen molar-refractivity contribution in [3.63, 3.8) is 0 Å². The summed E-state index contributed by atoms with van der Waals surface area (Å²) in [6, 6.07) is 8.08. The minimum Gasteiger partial charge on any atom is -0.493 e. The maximum absolute atomic E-state index is 6.01. The predicted molar refractivity (Wildman–Crippen MR) is 88.2 cm³/mol. The van der Waals surface area contributed by atoms with Crippen LogP contribution in [0.4, 0.5) is 0 Å². The predicted octanol–water partition coefficient (Wildman–Crippen LogP) is 4.22. The van der Waals surface area contributed by atoms with E-state index in [0.29, 0.717) is 6.61 Å². The molecule has 0 aliphatic carbocycles. The molecular formula is C17H23NO2S. The van der Waals surface area contributed by atoms with E-state index in [1.165, 1.54) is 5.56 Å². The number of hydrogen-bond acceptors (Lipinski definition) is 4. The molecule has 114 valence electrons. The van der Waals surface area contributed by atoms with Crippen LogP contribution in [0.15, 0.2) is 35.0 Å². The highest BCUT2D eigenvalue weighted by Crippen LogP contribution is 2.32. The van der Waals surface area contributed by atoms with Gasteiger partial charge in [-0.2, -0.15) is 11.3 Å². The first-order chi connectivity index (χ1) is 9.99. The van der Waals surface area contributed by atoms with Crippen LogP contribution >= 0.6 is 11.3 Å². The summed E-state index contributed by atoms with van der Waals surface area (Å²) in [5.41, 5.74) is 2.35. The molecule has 0 unspecified atom stereocenters. The lowest BCUT2D eigenvalue weighted by Gasteiger charge is -2.22. The molecule has 1 heterocycles. The van der Waals surface area contributed by atoms with E-state index in [-0.39, 0.29) is 5.54 Å². The summed E-state index contributed by atoms with van der Waals surface area (Å²) >= 11 is 1.68. The van der Waals surface area contributed by atoms with Crippen LogP contribution in [0, 0.1) is 0 Å². The number of hydrogen-bond donors (Lipinski definition) is 1. The Labute approximate surface area is 130 Å². The molecule has 0 radical (unpaired) electrons. The van der Waals surface area contributed by atoms with Crippen LogP contribution in [0.25, 0.3) is 0 Å². The Kier molecular flexibility index (Phi) is 5.26. The number of benzene rings is 1. The number of nitrogens with one attached hydrogen (secondary N) is 1. The highest BCUT2D eigenvalue weighted by molar-refractivity contribution is 7.07. The normalized spacial score (nSPS) is 11.4. The Bertz CT molecular complexity index is 559. The van der Waals surface area contributed by atoms with Gasteiger partial charge in [0.1, 0.15) is 6.61 Å². The lowest BCUT2D eigenvalue weighted by atomic mass is 10.1. The van der Waals surface area contributed by atoms with Gasteiger partial charge in [0, 0.05) is 17.6 Å². The zero-order valence-corrected chi connectivity index (χ0v) is 13.9. The molecule has 1 aromatic heterocycles. The molecule has 21 heavy (non-hydrogen) atoms. The first-order valence-corrected chi connectivity index (χ1v) is 7.98. The third kappa shape index (κ3) is 4.76. The molecule has 4 heteroatoms. The van der Waals surface area contributed by atoms with Gasteiger partial charge in [-0.3, -0.25) is 0 Å². The summed E-state index contributed by atoms with van der Waals surface area (Å²) < 4.78 is 11.4. The van der Waals surface area contributed by atoms with Gasteiger partial charge in [0.05, 0.1) is 7.11 Å². The van der Waals surface area contributed by atoms with Gasteiger partial charge in [-0.25, -0.2) is 0 Å². The van der Waals surface area contributed by atoms with Gasteiger partial charge >= 0.3 is 0 Å². The van der Waals surface area contributed by atoms with Gasteiger partial charge in [-0.15, -0.1) is 0 Å². The topological polar surface area (TPSA) is 30.5 Å². The van der Waals surface area contributed by atoms with Crippen molar-refractivity contribution in [1.29, 1.82) is 0 Å². The smallest absolute Gasteiger partial charge is 0.166 e. The summed E-state index contributed by atoms with van der Waals surface area (Å²) in [5, 5.41) is 7.65. The van der Waals surface area contributed by atoms with Crippen molar-refractivity contribution < 1.29 is 9.47 Å². The Morgan fingerprint density at radius 3 is 2.62 bits per heavy atom. The SMILES string of the molecule is COc1cccc(CNC(C)(C)C)c1OCc1ccsc1. The average Bonchev–Trinajstić information content (AvgIpc) is 2.95. The number of methoxy groups -OCH3 is 1. The lowest BCUT2D eigenvalue weighted by Crippen LogP contribution is -2.35. The molecule has 2 aromatic rings. The quantitative estimate of drug-likeness (QED) is 0.866. The van der Waals surface area contributed by atoms with Crippen LogP contribution in [0.1, 0.15) is 31.9 Å². The Morgan fingerprint density at radius 2 is 2.00 bits per heavy atom. The highest BCUT2D eigenvalue weighted by Gasteiger charge is 2.14. The first kappa shape index (κ1) is 15.9. The lowest BCUT2D eigenvalue weighted by molar-refractivity contribution is 0.279. The fraction of sp³-hybridized carbons (Fsp3) is 0.412. The van der Waals surface area contributed by atoms with Crippen molar-refractivity contribution in [1.82, 2.24) is 5.32 Å². The summed E-state index contributed by atoms with van der Waals surface area (Å²) in [5.74, 6) is 1.60. The second-order valence-electron chi connectivity index (χ2n) is 5.97. The third-order valence-electron chi connectivity index (χ3n) is 3.05. The van der Waals surface area contributed by atoms with E-state index in [2.05, 4.69) is 49.0 Å². The van der Waals surface area contributed by atoms with Crippen molar-refractivity contribution in [3.8, 4) is 11.5 Å². The molecule has 3 nitrogen and oxygen atoms in total. The molecule has 0 spiro atoms. The molecule has 0 bridgehead atoms. The molecule has 1 N–H and O–H groups in total. The zero-order chi connectivity index (χ0) is 15.3. The molecule has 0 saturated heterocycles. The summed E-state index contributed by atoms with van der Waals surface area (Å²) in [6.07, 6.45) is 0. The standard InChI is InChI=1S/C17H23NO2S/c1-17(2,3)18-10-14-6-5-7-15(19-4)16(14)20-11-13-8-9-21-12-13/h5-9,12,18H,10-11H2,1-4H3. The molecule has 0 fully saturated rings. The molecule has 1 aromatic carbocycles. The second kappa shape index (κ2) is 6.96. The zero-order valence-electron chi connectivity index (χ0n) is 13.1. The monoisotopic (exact) mass is 305 g/mol. The highest BCUT2D eigenvalue weighted by atomic mass is 32.1. The average molecular weight is 305 g/mol. The third-order valence-corrected chi connectivity index (χ3v) is 3.78. The molecule has 0 atom stereocenters. The molecule has 0 aliphatic rings. The van der Waals surface area contributed by atoms with E-state index in [9.17, 15) is 0 Å². The number of thiophene rings is 1. The van der Waals surface area contributed by atoms with Gasteiger partial charge in [-0.1, -0.05) is 12.1 Å². The molecule has 0 amide bonds. The number of para-hydroxylation sites is 1. The van der Waals surface area contributed by atoms with Crippen molar-refractivity contribution in [2.75, 3.05) is 7.11 Å². The van der Waals surface area contributed by atoms with E-state index in [1.807, 2.05) is 12.1 Å². The van der Waals surface area contributed by atoms with Gasteiger partial charge in [0.2, 0.25) is 0 Å². The molecule has 0 aliphatic heterocycles. The summed E-state index contributed by atoms with van der Waals surface area (Å²) in [4.78, 5) is 0. The number of rotatable bonds is 6. The largest absolute Gasteiger partial charge is 0.493 e. The van der Waals surface area contributed by atoms with Crippen LogP contribution in [-0.4, -0.2) is 12.6 Å². The van der Waals surface area contributed by atoms with Gasteiger partial charge in [0.15, 0.2) is 11.5 Å². The minimum absolute atomic E-state index is 0.0632. The van der Waals surface area contributed by atoms with E-state index in [0.717, 1.165) is 23.6 Å². The van der Waals surface area contributed by atoms with E-state index in [1.54, 1.807) is 18.4 Å². The first-order valence-electron chi connectivity index (χ1n) is 7.04. The molecular weight excluding hydrogens is 282 g/mol. The van der Waals surface area contributed by atoms with Crippen LogP contribution in [0.3, 0.4) is 0 Å². The van der Waals surface area contributed by atoms with E-state index < -0.39 is 0 Å². The van der Waals surface area contributed by atoms with Crippen molar-refractivity contribution in [3.05, 3.63) is 46.2 Å². The van der Waals surface area contributed by atoms with Crippen LogP contribution < -0.4 is 14.8 Å². The van der Waals surface area contributed by atoms with Crippen LogP contribution in [0.5, 0.6) is 11.5 Å². The van der Waals surface area contributed by atoms with Crippen LogP contribution in [0.2, 0.25) is 0 Å². The van der Waals surface area contributed by atoms with Crippen molar-refractivity contribution >= 4 is 11.3 Å². The summed E-state index contributed by atoms with van der Waals surface area (Å²) in [7, 11) is 1.67. The van der Waals surface area contributed by atoms with Gasteiger partial charge in [-0.05, 0) is 49.2 Å². The van der Waals surface area contributed by atoms with Crippen molar-refractivity contribution in [2.24, 2.45) is 0 Å². The fourth-order valence-corrected chi connectivity index (χ4v) is 2.57. The Morgan fingerprint density at radius 1 is 1.19 bits per heavy atom. The minimum atomic E-state index is 0.0632. The van der Waals surface area contributed by atoms with E-state index >= 15 is 0 Å². The van der Waals surface area contributed by atoms with Gasteiger partial charge in [0.25, 0.3) is 0 Å². The Hall–Kier alpha value is -1.52. The van der Waals surface area contributed by atoms with Crippen molar-refractivity contribution in [2.45, 2.75) is 39.5 Å². The fourth-order valence-electron chi connectivity index (χ4n) is 1.92.